The van der Waals surface area contributed by atoms with Crippen molar-refractivity contribution in [2.75, 3.05) is 0 Å². The molecule has 0 radical (unpaired) electrons. The third-order valence-electron chi connectivity index (χ3n) is 1.72. The van der Waals surface area contributed by atoms with Gasteiger partial charge in [-0.15, -0.1) is 0 Å². The minimum atomic E-state index is -1.26. The lowest BCUT2D eigenvalue weighted by Gasteiger charge is -2.07. The monoisotopic (exact) mass is 203 g/mol. The van der Waals surface area contributed by atoms with Gasteiger partial charge >= 0.3 is 11.9 Å². The van der Waals surface area contributed by atoms with E-state index >= 15 is 0 Å². The fourth-order valence-electron chi connectivity index (χ4n) is 0.845. The number of carbonyl (C=O) groups excluding carboxylic acids is 1. The van der Waals surface area contributed by atoms with E-state index in [0.29, 0.717) is 0 Å². The molecule has 0 bridgehead atoms. The van der Waals surface area contributed by atoms with Gasteiger partial charge in [-0.1, -0.05) is 6.92 Å². The molecule has 2 atom stereocenters. The van der Waals surface area contributed by atoms with Gasteiger partial charge in [0.2, 0.25) is 0 Å². The number of carboxylic acids is 2. The molecule has 80 valence electrons. The van der Waals surface area contributed by atoms with Gasteiger partial charge < -0.3 is 15.9 Å². The first kappa shape index (κ1) is 12.6. The first-order chi connectivity index (χ1) is 6.34. The molecule has 0 fully saturated rings. The predicted molar refractivity (Wildman–Crippen MR) is 46.7 cm³/mol. The largest absolute Gasteiger partial charge is 0.481 e. The number of carbonyl (C=O) groups is 3. The van der Waals surface area contributed by atoms with Crippen LogP contribution in [0.1, 0.15) is 19.8 Å². The summed E-state index contributed by atoms with van der Waals surface area (Å²) in [6.45, 7) is 1.38. The standard InChI is InChI=1S/C8H13NO5/c1-4(7(11)12)2-5(10)3-6(9)8(13)14/h4,6H,2-3,9H2,1H3,(H,11,12)(H,13,14)/t4-,6+/m1/s1. The van der Waals surface area contributed by atoms with Gasteiger partial charge in [-0.05, 0) is 0 Å². The van der Waals surface area contributed by atoms with Crippen LogP contribution in [0, 0.1) is 5.92 Å². The highest BCUT2D eigenvalue weighted by Crippen LogP contribution is 2.05. The van der Waals surface area contributed by atoms with Gasteiger partial charge in [0.25, 0.3) is 0 Å². The Labute approximate surface area is 80.7 Å². The molecular formula is C8H13NO5. The number of aliphatic carboxylic acids is 2. The number of rotatable bonds is 6. The van der Waals surface area contributed by atoms with Gasteiger partial charge in [0, 0.05) is 12.8 Å². The van der Waals surface area contributed by atoms with Crippen LogP contribution in [0.25, 0.3) is 0 Å². The van der Waals surface area contributed by atoms with E-state index in [9.17, 15) is 14.4 Å². The van der Waals surface area contributed by atoms with Crippen molar-refractivity contribution in [3.05, 3.63) is 0 Å². The highest BCUT2D eigenvalue weighted by atomic mass is 16.4. The number of hydrogen-bond acceptors (Lipinski definition) is 4. The number of Topliss-reactive ketones (excluding diaryl/α,β-unsaturated/α-hetero) is 1. The lowest BCUT2D eigenvalue weighted by molar-refractivity contribution is -0.143. The Kier molecular flexibility index (Phi) is 4.79. The van der Waals surface area contributed by atoms with Crippen molar-refractivity contribution in [1.82, 2.24) is 0 Å². The summed E-state index contributed by atoms with van der Waals surface area (Å²) in [5, 5.41) is 16.9. The zero-order valence-electron chi connectivity index (χ0n) is 7.77. The van der Waals surface area contributed by atoms with Crippen LogP contribution in [0.2, 0.25) is 0 Å². The number of ketones is 1. The molecule has 14 heavy (non-hydrogen) atoms. The molecule has 0 rings (SSSR count). The Hall–Kier alpha value is -1.43. The lowest BCUT2D eigenvalue weighted by Crippen LogP contribution is -2.33. The van der Waals surface area contributed by atoms with Crippen molar-refractivity contribution in [3.8, 4) is 0 Å². The zero-order valence-corrected chi connectivity index (χ0v) is 7.77. The molecule has 0 heterocycles. The van der Waals surface area contributed by atoms with Crippen molar-refractivity contribution in [2.45, 2.75) is 25.8 Å². The van der Waals surface area contributed by atoms with Crippen LogP contribution < -0.4 is 5.73 Å². The molecule has 0 saturated heterocycles. The molecule has 0 spiro atoms. The Morgan fingerprint density at radius 3 is 2.00 bits per heavy atom. The maximum absolute atomic E-state index is 11.1. The van der Waals surface area contributed by atoms with E-state index in [1.54, 1.807) is 0 Å². The Morgan fingerprint density at radius 1 is 1.14 bits per heavy atom. The van der Waals surface area contributed by atoms with Crippen LogP contribution in [-0.4, -0.2) is 34.0 Å². The fraction of sp³-hybridized carbons (Fsp3) is 0.625. The molecule has 4 N–H and O–H groups in total. The molecule has 6 heteroatoms. The smallest absolute Gasteiger partial charge is 0.320 e. The van der Waals surface area contributed by atoms with Gasteiger partial charge in [-0.2, -0.15) is 0 Å². The lowest BCUT2D eigenvalue weighted by atomic mass is 10.0. The van der Waals surface area contributed by atoms with E-state index in [1.165, 1.54) is 6.92 Å². The summed E-state index contributed by atoms with van der Waals surface area (Å²) in [5.41, 5.74) is 5.10. The SMILES string of the molecule is C[C@H](CC(=O)C[C@H](N)C(=O)O)C(=O)O. The third kappa shape index (κ3) is 4.56. The summed E-state index contributed by atoms with van der Waals surface area (Å²) in [4.78, 5) is 31.7. The second kappa shape index (κ2) is 5.33. The summed E-state index contributed by atoms with van der Waals surface area (Å²) < 4.78 is 0. The van der Waals surface area contributed by atoms with Crippen LogP contribution >= 0.6 is 0 Å². The highest BCUT2D eigenvalue weighted by molar-refractivity contribution is 5.88. The summed E-state index contributed by atoms with van der Waals surface area (Å²) in [6.07, 6.45) is -0.511. The summed E-state index contributed by atoms with van der Waals surface area (Å²) in [6, 6.07) is -1.25. The molecule has 0 aliphatic carbocycles. The minimum absolute atomic E-state index is 0.184. The van der Waals surface area contributed by atoms with Gasteiger partial charge in [0.05, 0.1) is 5.92 Å². The number of nitrogens with two attached hydrogens (primary N) is 1. The van der Waals surface area contributed by atoms with Crippen molar-refractivity contribution in [3.63, 3.8) is 0 Å². The molecular weight excluding hydrogens is 190 g/mol. The van der Waals surface area contributed by atoms with Crippen LogP contribution in [-0.2, 0) is 14.4 Å². The van der Waals surface area contributed by atoms with Crippen LogP contribution in [0.3, 0.4) is 0 Å². The Balaban J connectivity index is 3.99. The van der Waals surface area contributed by atoms with E-state index in [1.807, 2.05) is 0 Å². The average Bonchev–Trinajstić information content (AvgIpc) is 2.03. The van der Waals surface area contributed by atoms with Gasteiger partial charge in [-0.3, -0.25) is 14.4 Å². The second-order valence-electron chi connectivity index (χ2n) is 3.13. The molecule has 0 aromatic heterocycles. The molecule has 0 aromatic rings. The molecule has 0 aliphatic rings. The summed E-state index contributed by atoms with van der Waals surface area (Å²) in [5.74, 6) is -3.60. The minimum Gasteiger partial charge on any atom is -0.481 e. The van der Waals surface area contributed by atoms with Crippen LogP contribution in [0.4, 0.5) is 0 Å². The summed E-state index contributed by atoms with van der Waals surface area (Å²) in [7, 11) is 0. The third-order valence-corrected chi connectivity index (χ3v) is 1.72. The van der Waals surface area contributed by atoms with Gasteiger partial charge in [-0.25, -0.2) is 0 Å². The quantitative estimate of drug-likeness (QED) is 0.534. The molecule has 6 nitrogen and oxygen atoms in total. The summed E-state index contributed by atoms with van der Waals surface area (Å²) >= 11 is 0. The maximum Gasteiger partial charge on any atom is 0.320 e. The molecule has 0 aliphatic heterocycles. The van der Waals surface area contributed by atoms with Crippen molar-refractivity contribution < 1.29 is 24.6 Å². The Bertz CT molecular complexity index is 226. The second-order valence-corrected chi connectivity index (χ2v) is 3.13. The molecule has 0 unspecified atom stereocenters. The zero-order chi connectivity index (χ0) is 11.3. The van der Waals surface area contributed by atoms with E-state index in [0.717, 1.165) is 0 Å². The van der Waals surface area contributed by atoms with E-state index in [2.05, 4.69) is 0 Å². The highest BCUT2D eigenvalue weighted by Gasteiger charge is 2.20. The average molecular weight is 203 g/mol. The molecule has 0 aromatic carbocycles. The van der Waals surface area contributed by atoms with Gasteiger partial charge in [0.1, 0.15) is 11.8 Å². The molecule has 0 saturated carbocycles. The Morgan fingerprint density at radius 2 is 1.64 bits per heavy atom. The number of hydrogen-bond donors (Lipinski definition) is 3. The first-order valence-corrected chi connectivity index (χ1v) is 4.07. The van der Waals surface area contributed by atoms with Crippen molar-refractivity contribution >= 4 is 17.7 Å². The normalized spacial score (nSPS) is 14.4. The van der Waals surface area contributed by atoms with E-state index < -0.39 is 29.7 Å². The van der Waals surface area contributed by atoms with Crippen molar-refractivity contribution in [1.29, 1.82) is 0 Å². The topological polar surface area (TPSA) is 118 Å². The maximum atomic E-state index is 11.1. The number of carboxylic acid groups (broad SMARTS) is 2. The predicted octanol–water partition coefficient (Wildman–Crippen LogP) is -0.532. The van der Waals surface area contributed by atoms with E-state index in [-0.39, 0.29) is 12.8 Å². The van der Waals surface area contributed by atoms with Gasteiger partial charge in [0.15, 0.2) is 0 Å². The van der Waals surface area contributed by atoms with Crippen LogP contribution in [0.5, 0.6) is 0 Å². The van der Waals surface area contributed by atoms with Crippen LogP contribution in [0.15, 0.2) is 0 Å². The van der Waals surface area contributed by atoms with Crippen molar-refractivity contribution in [2.24, 2.45) is 11.7 Å². The van der Waals surface area contributed by atoms with E-state index in [4.69, 9.17) is 15.9 Å². The molecule has 0 amide bonds. The fourth-order valence-corrected chi connectivity index (χ4v) is 0.845. The first-order valence-electron chi connectivity index (χ1n) is 4.07.